The van der Waals surface area contributed by atoms with Crippen molar-refractivity contribution in [1.29, 1.82) is 0 Å². The van der Waals surface area contributed by atoms with Crippen molar-refractivity contribution in [2.75, 3.05) is 13.1 Å². The molecule has 8 nitrogen and oxygen atoms in total. The maximum absolute atomic E-state index is 13.0. The van der Waals surface area contributed by atoms with Gasteiger partial charge in [-0.15, -0.1) is 0 Å². The molecule has 0 bridgehead atoms. The summed E-state index contributed by atoms with van der Waals surface area (Å²) in [4.78, 5) is 39.6. The van der Waals surface area contributed by atoms with E-state index in [1.165, 1.54) is 0 Å². The molecule has 1 fully saturated rings. The highest BCUT2D eigenvalue weighted by Gasteiger charge is 2.32. The number of hydrogen-bond acceptors (Lipinski definition) is 5. The summed E-state index contributed by atoms with van der Waals surface area (Å²) in [6, 6.07) is 7.66. The molecular weight excluding hydrogens is 410 g/mol. The first kappa shape index (κ1) is 25.6. The van der Waals surface area contributed by atoms with E-state index in [4.69, 9.17) is 4.74 Å². The van der Waals surface area contributed by atoms with E-state index in [1.807, 2.05) is 19.9 Å². The number of hydrogen-bond donors (Lipinski definition) is 3. The number of carbonyl (C=O) groups excluding carboxylic acids is 3. The summed E-state index contributed by atoms with van der Waals surface area (Å²) in [5.74, 6) is -0.337. The van der Waals surface area contributed by atoms with Crippen molar-refractivity contribution in [2.24, 2.45) is 5.92 Å². The fraction of sp³-hybridized carbons (Fsp3) is 0.625. The zero-order valence-electron chi connectivity index (χ0n) is 19.8. The lowest BCUT2D eigenvalue weighted by atomic mass is 10.0. The normalized spacial score (nSPS) is 20.3. The van der Waals surface area contributed by atoms with Gasteiger partial charge in [0.25, 0.3) is 5.91 Å². The van der Waals surface area contributed by atoms with Crippen LogP contribution >= 0.6 is 0 Å². The first-order valence-electron chi connectivity index (χ1n) is 11.3. The predicted molar refractivity (Wildman–Crippen MR) is 122 cm³/mol. The van der Waals surface area contributed by atoms with Crippen molar-refractivity contribution in [2.45, 2.75) is 77.7 Å². The van der Waals surface area contributed by atoms with Crippen LogP contribution in [-0.4, -0.2) is 64.8 Å². The van der Waals surface area contributed by atoms with Gasteiger partial charge in [0.05, 0.1) is 12.1 Å². The summed E-state index contributed by atoms with van der Waals surface area (Å²) >= 11 is 0. The smallest absolute Gasteiger partial charge is 0.408 e. The third-order valence-electron chi connectivity index (χ3n) is 5.17. The van der Waals surface area contributed by atoms with Gasteiger partial charge in [0.1, 0.15) is 11.6 Å². The largest absolute Gasteiger partial charge is 0.444 e. The molecule has 0 aromatic heterocycles. The maximum Gasteiger partial charge on any atom is 0.408 e. The number of ether oxygens (including phenoxy) is 1. The molecule has 32 heavy (non-hydrogen) atoms. The van der Waals surface area contributed by atoms with Crippen molar-refractivity contribution in [3.8, 4) is 0 Å². The monoisotopic (exact) mass is 447 g/mol. The molecule has 8 heteroatoms. The van der Waals surface area contributed by atoms with E-state index in [2.05, 4.69) is 10.6 Å². The summed E-state index contributed by atoms with van der Waals surface area (Å²) in [6.45, 7) is 9.84. The fourth-order valence-electron chi connectivity index (χ4n) is 3.69. The Balaban J connectivity index is 2.01. The number of carbonyl (C=O) groups is 3. The van der Waals surface area contributed by atoms with Gasteiger partial charge in [0.15, 0.2) is 0 Å². The molecule has 3 atom stereocenters. The molecule has 0 spiro atoms. The number of aliphatic hydroxyl groups is 1. The number of alkyl carbamates (subject to hydrolysis) is 1. The molecule has 3 N–H and O–H groups in total. The quantitative estimate of drug-likeness (QED) is 0.621. The van der Waals surface area contributed by atoms with Gasteiger partial charge >= 0.3 is 6.09 Å². The Labute approximate surface area is 190 Å². The molecule has 1 aromatic carbocycles. The van der Waals surface area contributed by atoms with Gasteiger partial charge in [-0.05, 0) is 58.1 Å². The fourth-order valence-corrected chi connectivity index (χ4v) is 3.69. The molecule has 1 aliphatic heterocycles. The average molecular weight is 448 g/mol. The number of benzene rings is 1. The van der Waals surface area contributed by atoms with E-state index in [-0.39, 0.29) is 24.3 Å². The Morgan fingerprint density at radius 1 is 1.19 bits per heavy atom. The standard InChI is InChI=1S/C24H37N3O5/c1-16(2)14-19(26-23(31)32-24(3,4)5)21(29)25-18-12-9-13-27(15-20(18)28)22(30)17-10-7-6-8-11-17/h6-8,10-11,16,18-20,28H,9,12-15H2,1-5H3,(H,25,29)(H,26,31)/t18?,19-,20?/m0/s1. The van der Waals surface area contributed by atoms with Gasteiger partial charge in [-0.25, -0.2) is 4.79 Å². The van der Waals surface area contributed by atoms with E-state index < -0.39 is 29.9 Å². The topological polar surface area (TPSA) is 108 Å². The lowest BCUT2D eigenvalue weighted by Crippen LogP contribution is -2.54. The summed E-state index contributed by atoms with van der Waals surface area (Å²) < 4.78 is 5.29. The second-order valence-electron chi connectivity index (χ2n) is 9.77. The van der Waals surface area contributed by atoms with Crippen LogP contribution < -0.4 is 10.6 Å². The highest BCUT2D eigenvalue weighted by molar-refractivity contribution is 5.94. The SMILES string of the molecule is CC(C)C[C@H](NC(=O)OC(C)(C)C)C(=O)NC1CCCN(C(=O)c2ccccc2)CC1O. The van der Waals surface area contributed by atoms with Crippen molar-refractivity contribution in [3.63, 3.8) is 0 Å². The minimum Gasteiger partial charge on any atom is -0.444 e. The van der Waals surface area contributed by atoms with Crippen LogP contribution in [0.15, 0.2) is 30.3 Å². The van der Waals surface area contributed by atoms with E-state index in [1.54, 1.807) is 49.9 Å². The summed E-state index contributed by atoms with van der Waals surface area (Å²) in [5, 5.41) is 16.3. The Bertz CT molecular complexity index is 776. The van der Waals surface area contributed by atoms with Crippen molar-refractivity contribution >= 4 is 17.9 Å². The van der Waals surface area contributed by atoms with Gasteiger partial charge in [0, 0.05) is 18.7 Å². The van der Waals surface area contributed by atoms with Crippen LogP contribution in [0, 0.1) is 5.92 Å². The first-order chi connectivity index (χ1) is 15.0. The number of rotatable bonds is 6. The van der Waals surface area contributed by atoms with Gasteiger partial charge in [-0.1, -0.05) is 32.0 Å². The zero-order chi connectivity index (χ0) is 23.9. The molecular formula is C24H37N3O5. The molecule has 178 valence electrons. The molecule has 0 aliphatic carbocycles. The number of β-amino-alcohol motifs (C(OH)–C–C–N with tert-alkyl or cyclic N) is 1. The Morgan fingerprint density at radius 2 is 1.84 bits per heavy atom. The Kier molecular flexibility index (Phi) is 9.07. The molecule has 1 saturated heterocycles. The average Bonchev–Trinajstić information content (AvgIpc) is 2.87. The lowest BCUT2D eigenvalue weighted by Gasteiger charge is -2.28. The summed E-state index contributed by atoms with van der Waals surface area (Å²) in [6.07, 6.45) is 0.0583. The third-order valence-corrected chi connectivity index (χ3v) is 5.17. The van der Waals surface area contributed by atoms with Crippen LogP contribution in [-0.2, 0) is 9.53 Å². The molecule has 2 rings (SSSR count). The first-order valence-corrected chi connectivity index (χ1v) is 11.3. The van der Waals surface area contributed by atoms with Gasteiger partial charge in [0.2, 0.25) is 5.91 Å². The molecule has 3 amide bonds. The summed E-state index contributed by atoms with van der Waals surface area (Å²) in [5.41, 5.74) is -0.101. The zero-order valence-corrected chi connectivity index (χ0v) is 19.8. The number of nitrogens with one attached hydrogen (secondary N) is 2. The number of likely N-dealkylation sites (tertiary alicyclic amines) is 1. The van der Waals surface area contributed by atoms with Crippen LogP contribution in [0.1, 0.15) is 64.2 Å². The molecule has 1 aromatic rings. The van der Waals surface area contributed by atoms with Crippen LogP contribution in [0.2, 0.25) is 0 Å². The second-order valence-corrected chi connectivity index (χ2v) is 9.77. The lowest BCUT2D eigenvalue weighted by molar-refractivity contribution is -0.125. The van der Waals surface area contributed by atoms with Gasteiger partial charge < -0.3 is 25.4 Å². The van der Waals surface area contributed by atoms with Crippen molar-refractivity contribution in [3.05, 3.63) is 35.9 Å². The van der Waals surface area contributed by atoms with E-state index in [0.717, 1.165) is 0 Å². The minimum absolute atomic E-state index is 0.132. The highest BCUT2D eigenvalue weighted by Crippen LogP contribution is 2.16. The molecule has 2 unspecified atom stereocenters. The van der Waals surface area contributed by atoms with Gasteiger partial charge in [-0.2, -0.15) is 0 Å². The minimum atomic E-state index is -0.907. The van der Waals surface area contributed by atoms with E-state index in [9.17, 15) is 19.5 Å². The molecule has 1 aliphatic rings. The van der Waals surface area contributed by atoms with Crippen LogP contribution in [0.5, 0.6) is 0 Å². The van der Waals surface area contributed by atoms with Crippen molar-refractivity contribution in [1.82, 2.24) is 15.5 Å². The van der Waals surface area contributed by atoms with Crippen LogP contribution in [0.25, 0.3) is 0 Å². The second kappa shape index (κ2) is 11.3. The third kappa shape index (κ3) is 8.15. The van der Waals surface area contributed by atoms with Gasteiger partial charge in [-0.3, -0.25) is 9.59 Å². The number of amides is 3. The summed E-state index contributed by atoms with van der Waals surface area (Å²) in [7, 11) is 0. The number of aliphatic hydroxyl groups excluding tert-OH is 1. The predicted octanol–water partition coefficient (Wildman–Crippen LogP) is 2.71. The number of nitrogens with zero attached hydrogens (tertiary/aromatic N) is 1. The van der Waals surface area contributed by atoms with E-state index >= 15 is 0 Å². The van der Waals surface area contributed by atoms with Crippen molar-refractivity contribution < 1.29 is 24.2 Å². The molecule has 1 heterocycles. The van der Waals surface area contributed by atoms with E-state index in [0.29, 0.717) is 31.4 Å². The Morgan fingerprint density at radius 3 is 2.44 bits per heavy atom. The highest BCUT2D eigenvalue weighted by atomic mass is 16.6. The van der Waals surface area contributed by atoms with Crippen LogP contribution in [0.4, 0.5) is 4.79 Å². The molecule has 0 saturated carbocycles. The molecule has 0 radical (unpaired) electrons. The Hall–Kier alpha value is -2.61. The maximum atomic E-state index is 13.0. The van der Waals surface area contributed by atoms with Crippen LogP contribution in [0.3, 0.4) is 0 Å².